The molecule has 3 nitrogen and oxygen atoms in total. The van der Waals surface area contributed by atoms with Gasteiger partial charge in [-0.25, -0.2) is 8.42 Å². The molecule has 0 aromatic rings. The summed E-state index contributed by atoms with van der Waals surface area (Å²) in [5.41, 5.74) is 5.24. The highest BCUT2D eigenvalue weighted by molar-refractivity contribution is 7.92. The molecule has 0 bridgehead atoms. The zero-order valence-electron chi connectivity index (χ0n) is 6.08. The summed E-state index contributed by atoms with van der Waals surface area (Å²) in [5.74, 6) is 0. The molecule has 1 aliphatic carbocycles. The Morgan fingerprint density at radius 1 is 1.60 bits per heavy atom. The maximum atomic E-state index is 11.2. The van der Waals surface area contributed by atoms with Gasteiger partial charge in [0.15, 0.2) is 9.84 Å². The van der Waals surface area contributed by atoms with E-state index in [1.807, 2.05) is 0 Å². The summed E-state index contributed by atoms with van der Waals surface area (Å²) >= 11 is 0. The fourth-order valence-corrected chi connectivity index (χ4v) is 2.58. The lowest BCUT2D eigenvalue weighted by Gasteiger charge is -2.07. The summed E-state index contributed by atoms with van der Waals surface area (Å²) in [5, 5.41) is -0.411. The van der Waals surface area contributed by atoms with Crippen LogP contribution in [0, 0.1) is 0 Å². The first-order chi connectivity index (χ1) is 4.59. The largest absolute Gasteiger partial charge is 0.329 e. The minimum atomic E-state index is -2.84. The lowest BCUT2D eigenvalue weighted by molar-refractivity contribution is 0.582. The fraction of sp³-hybridized carbons (Fsp3) is 1.00. The van der Waals surface area contributed by atoms with E-state index in [1.165, 1.54) is 0 Å². The Balaban J connectivity index is 2.67. The molecule has 0 saturated heterocycles. The third kappa shape index (κ3) is 1.32. The van der Waals surface area contributed by atoms with E-state index in [1.54, 1.807) is 6.92 Å². The van der Waals surface area contributed by atoms with Gasteiger partial charge in [-0.1, -0.05) is 0 Å². The van der Waals surface area contributed by atoms with Gasteiger partial charge in [0.25, 0.3) is 0 Å². The number of sulfone groups is 1. The highest BCUT2D eigenvalue weighted by atomic mass is 32.2. The van der Waals surface area contributed by atoms with Crippen molar-refractivity contribution in [3.8, 4) is 0 Å². The van der Waals surface area contributed by atoms with Crippen LogP contribution in [0.25, 0.3) is 0 Å². The van der Waals surface area contributed by atoms with Crippen molar-refractivity contribution >= 4 is 9.84 Å². The molecule has 0 radical (unpaired) electrons. The van der Waals surface area contributed by atoms with Crippen LogP contribution in [0.2, 0.25) is 0 Å². The minimum absolute atomic E-state index is 0.0638. The van der Waals surface area contributed by atoms with Gasteiger partial charge in [0, 0.05) is 6.54 Å². The quantitative estimate of drug-likeness (QED) is 0.632. The molecule has 2 N–H and O–H groups in total. The van der Waals surface area contributed by atoms with E-state index in [4.69, 9.17) is 5.73 Å². The molecule has 0 heterocycles. The van der Waals surface area contributed by atoms with Crippen molar-refractivity contribution in [2.24, 2.45) is 5.73 Å². The fourth-order valence-electron chi connectivity index (χ4n) is 0.859. The maximum absolute atomic E-state index is 11.2. The molecule has 1 saturated carbocycles. The van der Waals surface area contributed by atoms with E-state index >= 15 is 0 Å². The van der Waals surface area contributed by atoms with Crippen molar-refractivity contribution in [2.45, 2.75) is 30.3 Å². The number of hydrogen-bond donors (Lipinski definition) is 1. The number of rotatable bonds is 3. The van der Waals surface area contributed by atoms with E-state index in [9.17, 15) is 8.42 Å². The topological polar surface area (TPSA) is 60.2 Å². The number of nitrogens with two attached hydrogens (primary N) is 1. The van der Waals surface area contributed by atoms with Crippen LogP contribution in [0.1, 0.15) is 19.8 Å². The summed E-state index contributed by atoms with van der Waals surface area (Å²) < 4.78 is 22.5. The molecule has 0 aromatic carbocycles. The van der Waals surface area contributed by atoms with E-state index < -0.39 is 9.84 Å². The van der Waals surface area contributed by atoms with Gasteiger partial charge in [-0.2, -0.15) is 0 Å². The van der Waals surface area contributed by atoms with E-state index in [0.29, 0.717) is 0 Å². The summed E-state index contributed by atoms with van der Waals surface area (Å²) in [7, 11) is -2.84. The Labute approximate surface area is 61.5 Å². The average molecular weight is 163 g/mol. The van der Waals surface area contributed by atoms with Crippen molar-refractivity contribution in [1.29, 1.82) is 0 Å². The Hall–Kier alpha value is -0.0900. The summed E-state index contributed by atoms with van der Waals surface area (Å²) in [6.45, 7) is 1.92. The first-order valence-corrected chi connectivity index (χ1v) is 5.12. The van der Waals surface area contributed by atoms with E-state index in [-0.39, 0.29) is 17.0 Å². The molecule has 0 aliphatic heterocycles. The van der Waals surface area contributed by atoms with Crippen molar-refractivity contribution in [3.05, 3.63) is 0 Å². The average Bonchev–Trinajstić information content (AvgIpc) is 2.66. The molecule has 1 rings (SSSR count). The predicted molar refractivity (Wildman–Crippen MR) is 40.5 cm³/mol. The second kappa shape index (κ2) is 2.51. The summed E-state index contributed by atoms with van der Waals surface area (Å²) in [6, 6.07) is 0. The van der Waals surface area contributed by atoms with Gasteiger partial charge in [0.1, 0.15) is 0 Å². The zero-order chi connectivity index (χ0) is 7.78. The molecule has 4 heteroatoms. The molecular formula is C6H13NO2S. The first-order valence-electron chi connectivity index (χ1n) is 3.52. The van der Waals surface area contributed by atoms with Crippen molar-refractivity contribution in [2.75, 3.05) is 6.54 Å². The summed E-state index contributed by atoms with van der Waals surface area (Å²) in [4.78, 5) is 0. The smallest absolute Gasteiger partial charge is 0.156 e. The maximum Gasteiger partial charge on any atom is 0.156 e. The zero-order valence-corrected chi connectivity index (χ0v) is 6.89. The van der Waals surface area contributed by atoms with Crippen LogP contribution in [0.15, 0.2) is 0 Å². The molecule has 1 atom stereocenters. The molecular weight excluding hydrogens is 150 g/mol. The van der Waals surface area contributed by atoms with Crippen LogP contribution >= 0.6 is 0 Å². The van der Waals surface area contributed by atoms with Crippen molar-refractivity contribution in [1.82, 2.24) is 0 Å². The predicted octanol–water partition coefficient (Wildman–Crippen LogP) is -0.0892. The molecule has 10 heavy (non-hydrogen) atoms. The monoisotopic (exact) mass is 163 g/mol. The Morgan fingerprint density at radius 2 is 2.10 bits per heavy atom. The normalized spacial score (nSPS) is 22.6. The highest BCUT2D eigenvalue weighted by Crippen LogP contribution is 2.30. The lowest BCUT2D eigenvalue weighted by atomic mass is 10.5. The van der Waals surface area contributed by atoms with Crippen LogP contribution in [0.5, 0.6) is 0 Å². The second-order valence-corrected chi connectivity index (χ2v) is 5.48. The third-order valence-corrected chi connectivity index (χ3v) is 4.60. The van der Waals surface area contributed by atoms with Gasteiger partial charge in [0.2, 0.25) is 0 Å². The molecule has 0 amide bonds. The summed E-state index contributed by atoms with van der Waals surface area (Å²) in [6.07, 6.45) is 1.68. The highest BCUT2D eigenvalue weighted by Gasteiger charge is 2.38. The van der Waals surface area contributed by atoms with Crippen LogP contribution in [0.3, 0.4) is 0 Å². The first kappa shape index (κ1) is 8.01. The molecule has 1 fully saturated rings. The molecule has 60 valence electrons. The van der Waals surface area contributed by atoms with Crippen LogP contribution in [0.4, 0.5) is 0 Å². The standard InChI is InChI=1S/C6H13NO2S/c1-5(4-7)10(8,9)6-2-3-6/h5-6H,2-4,7H2,1H3. The van der Waals surface area contributed by atoms with Crippen LogP contribution < -0.4 is 5.73 Å². The van der Waals surface area contributed by atoms with Gasteiger partial charge in [0.05, 0.1) is 10.5 Å². The molecule has 1 unspecified atom stereocenters. The van der Waals surface area contributed by atoms with Crippen molar-refractivity contribution in [3.63, 3.8) is 0 Å². The van der Waals surface area contributed by atoms with Gasteiger partial charge >= 0.3 is 0 Å². The Kier molecular flexibility index (Phi) is 2.01. The minimum Gasteiger partial charge on any atom is -0.329 e. The van der Waals surface area contributed by atoms with Gasteiger partial charge in [-0.15, -0.1) is 0 Å². The van der Waals surface area contributed by atoms with E-state index in [0.717, 1.165) is 12.8 Å². The van der Waals surface area contributed by atoms with Gasteiger partial charge < -0.3 is 5.73 Å². The second-order valence-electron chi connectivity index (χ2n) is 2.83. The SMILES string of the molecule is CC(CN)S(=O)(=O)C1CC1. The van der Waals surface area contributed by atoms with Gasteiger partial charge in [-0.05, 0) is 19.8 Å². The molecule has 0 spiro atoms. The molecule has 0 aromatic heterocycles. The third-order valence-electron chi connectivity index (χ3n) is 1.88. The van der Waals surface area contributed by atoms with E-state index in [2.05, 4.69) is 0 Å². The van der Waals surface area contributed by atoms with Crippen molar-refractivity contribution < 1.29 is 8.42 Å². The lowest BCUT2D eigenvalue weighted by Crippen LogP contribution is -2.29. The number of hydrogen-bond acceptors (Lipinski definition) is 3. The Bertz CT molecular complexity index is 206. The van der Waals surface area contributed by atoms with Crippen LogP contribution in [-0.2, 0) is 9.84 Å². The Morgan fingerprint density at radius 3 is 2.40 bits per heavy atom. The van der Waals surface area contributed by atoms with Gasteiger partial charge in [-0.3, -0.25) is 0 Å². The molecule has 1 aliphatic rings. The van der Waals surface area contributed by atoms with Crippen LogP contribution in [-0.4, -0.2) is 25.5 Å².